The summed E-state index contributed by atoms with van der Waals surface area (Å²) in [5.41, 5.74) is 8.24. The van der Waals surface area contributed by atoms with Crippen molar-refractivity contribution in [1.29, 1.82) is 0 Å². The van der Waals surface area contributed by atoms with Crippen molar-refractivity contribution in [3.05, 3.63) is 29.8 Å². The Morgan fingerprint density at radius 1 is 1.38 bits per heavy atom. The Balaban J connectivity index is 2.15. The van der Waals surface area contributed by atoms with E-state index < -0.39 is 0 Å². The molecule has 0 aliphatic heterocycles. The number of anilines is 1. The zero-order valence-electron chi connectivity index (χ0n) is 10.3. The summed E-state index contributed by atoms with van der Waals surface area (Å²) in [7, 11) is 0. The van der Waals surface area contributed by atoms with Gasteiger partial charge in [0.25, 0.3) is 0 Å². The van der Waals surface area contributed by atoms with Crippen molar-refractivity contribution in [3.8, 4) is 0 Å². The molecule has 1 saturated carbocycles. The quantitative estimate of drug-likeness (QED) is 0.823. The lowest BCUT2D eigenvalue weighted by Gasteiger charge is -2.29. The molecule has 1 fully saturated rings. The first-order chi connectivity index (χ1) is 7.70. The summed E-state index contributed by atoms with van der Waals surface area (Å²) in [6, 6.07) is 9.19. The Kier molecular flexibility index (Phi) is 3.49. The van der Waals surface area contributed by atoms with Gasteiger partial charge in [0.2, 0.25) is 0 Å². The molecule has 0 heterocycles. The van der Waals surface area contributed by atoms with Gasteiger partial charge < -0.3 is 10.6 Å². The van der Waals surface area contributed by atoms with Gasteiger partial charge in [0.1, 0.15) is 0 Å². The summed E-state index contributed by atoms with van der Waals surface area (Å²) in [6.45, 7) is 6.35. The molecular formula is C14H22N2. The highest BCUT2D eigenvalue weighted by molar-refractivity contribution is 5.49. The highest BCUT2D eigenvalue weighted by atomic mass is 15.2. The molecule has 16 heavy (non-hydrogen) atoms. The Morgan fingerprint density at radius 2 is 2.12 bits per heavy atom. The van der Waals surface area contributed by atoms with Gasteiger partial charge in [0.15, 0.2) is 0 Å². The van der Waals surface area contributed by atoms with E-state index in [9.17, 15) is 0 Å². The Hall–Kier alpha value is -1.02. The zero-order valence-corrected chi connectivity index (χ0v) is 10.3. The third kappa shape index (κ3) is 2.76. The van der Waals surface area contributed by atoms with Crippen LogP contribution in [0.3, 0.4) is 0 Å². The van der Waals surface area contributed by atoms with Gasteiger partial charge in [-0.25, -0.2) is 0 Å². The fraction of sp³-hybridized carbons (Fsp3) is 0.571. The molecule has 0 saturated heterocycles. The van der Waals surface area contributed by atoms with Gasteiger partial charge in [-0.15, -0.1) is 0 Å². The van der Waals surface area contributed by atoms with Crippen LogP contribution in [0.1, 0.15) is 32.3 Å². The van der Waals surface area contributed by atoms with Crippen LogP contribution >= 0.6 is 0 Å². The van der Waals surface area contributed by atoms with E-state index in [-0.39, 0.29) is 0 Å². The second kappa shape index (κ2) is 4.88. The second-order valence-electron chi connectivity index (χ2n) is 5.06. The average Bonchev–Trinajstić information content (AvgIpc) is 3.09. The van der Waals surface area contributed by atoms with Crippen LogP contribution in [0.4, 0.5) is 5.69 Å². The van der Waals surface area contributed by atoms with Crippen molar-refractivity contribution < 1.29 is 0 Å². The standard InChI is InChI=1S/C14H22N2/c1-11(2)16(10-12-6-7-12)14-5-3-4-13(8-14)9-15/h3-5,8,11-12H,6-7,9-10,15H2,1-2H3. The van der Waals surface area contributed by atoms with E-state index in [1.165, 1.54) is 30.6 Å². The summed E-state index contributed by atoms with van der Waals surface area (Å²) in [5.74, 6) is 0.920. The van der Waals surface area contributed by atoms with Crippen LogP contribution in [0.15, 0.2) is 24.3 Å². The van der Waals surface area contributed by atoms with Crippen LogP contribution < -0.4 is 10.6 Å². The van der Waals surface area contributed by atoms with Gasteiger partial charge in [-0.05, 0) is 50.3 Å². The van der Waals surface area contributed by atoms with Gasteiger partial charge in [-0.1, -0.05) is 12.1 Å². The van der Waals surface area contributed by atoms with Crippen LogP contribution in [-0.4, -0.2) is 12.6 Å². The molecule has 1 aromatic carbocycles. The molecule has 0 atom stereocenters. The van der Waals surface area contributed by atoms with Crippen molar-refractivity contribution >= 4 is 5.69 Å². The Morgan fingerprint density at radius 3 is 2.69 bits per heavy atom. The highest BCUT2D eigenvalue weighted by Crippen LogP contribution is 2.32. The number of rotatable bonds is 5. The summed E-state index contributed by atoms with van der Waals surface area (Å²) >= 11 is 0. The number of benzene rings is 1. The molecule has 0 amide bonds. The average molecular weight is 218 g/mol. The molecule has 1 aromatic rings. The van der Waals surface area contributed by atoms with Crippen LogP contribution in [0, 0.1) is 5.92 Å². The van der Waals surface area contributed by atoms with Crippen LogP contribution in [0.5, 0.6) is 0 Å². The minimum absolute atomic E-state index is 0.564. The fourth-order valence-electron chi connectivity index (χ4n) is 2.06. The topological polar surface area (TPSA) is 29.3 Å². The minimum atomic E-state index is 0.564. The van der Waals surface area contributed by atoms with E-state index in [4.69, 9.17) is 5.73 Å². The molecule has 88 valence electrons. The van der Waals surface area contributed by atoms with Crippen molar-refractivity contribution in [2.24, 2.45) is 11.7 Å². The lowest BCUT2D eigenvalue weighted by molar-refractivity contribution is 0.644. The van der Waals surface area contributed by atoms with E-state index >= 15 is 0 Å². The summed E-state index contributed by atoms with van der Waals surface area (Å²) in [6.07, 6.45) is 2.81. The molecule has 0 spiro atoms. The Bertz CT molecular complexity index is 342. The van der Waals surface area contributed by atoms with E-state index in [1.54, 1.807) is 0 Å². The first kappa shape index (κ1) is 11.5. The van der Waals surface area contributed by atoms with Crippen molar-refractivity contribution in [2.75, 3.05) is 11.4 Å². The van der Waals surface area contributed by atoms with Gasteiger partial charge in [-0.2, -0.15) is 0 Å². The molecule has 0 aromatic heterocycles. The molecule has 1 aliphatic carbocycles. The minimum Gasteiger partial charge on any atom is -0.369 e. The summed E-state index contributed by atoms with van der Waals surface area (Å²) in [5, 5.41) is 0. The molecule has 0 radical (unpaired) electrons. The third-order valence-electron chi connectivity index (χ3n) is 3.25. The maximum Gasteiger partial charge on any atom is 0.0371 e. The molecular weight excluding hydrogens is 196 g/mol. The van der Waals surface area contributed by atoms with Gasteiger partial charge in [0, 0.05) is 24.8 Å². The Labute approximate surface area is 98.4 Å². The van der Waals surface area contributed by atoms with Crippen molar-refractivity contribution in [2.45, 2.75) is 39.3 Å². The lowest BCUT2D eigenvalue weighted by atomic mass is 10.1. The monoisotopic (exact) mass is 218 g/mol. The van der Waals surface area contributed by atoms with E-state index in [0.29, 0.717) is 12.6 Å². The van der Waals surface area contributed by atoms with Crippen molar-refractivity contribution in [3.63, 3.8) is 0 Å². The molecule has 2 rings (SSSR count). The number of nitrogens with zero attached hydrogens (tertiary/aromatic N) is 1. The fourth-order valence-corrected chi connectivity index (χ4v) is 2.06. The third-order valence-corrected chi connectivity index (χ3v) is 3.25. The molecule has 2 nitrogen and oxygen atoms in total. The smallest absolute Gasteiger partial charge is 0.0371 e. The molecule has 2 heteroatoms. The van der Waals surface area contributed by atoms with E-state index in [2.05, 4.69) is 43.0 Å². The molecule has 0 unspecified atom stereocenters. The summed E-state index contributed by atoms with van der Waals surface area (Å²) in [4.78, 5) is 2.50. The number of nitrogens with two attached hydrogens (primary N) is 1. The van der Waals surface area contributed by atoms with Gasteiger partial charge in [0.05, 0.1) is 0 Å². The molecule has 1 aliphatic rings. The van der Waals surface area contributed by atoms with E-state index in [1.807, 2.05) is 0 Å². The molecule has 0 bridgehead atoms. The predicted molar refractivity (Wildman–Crippen MR) is 69.5 cm³/mol. The van der Waals surface area contributed by atoms with Crippen LogP contribution in [0.2, 0.25) is 0 Å². The maximum atomic E-state index is 5.69. The van der Waals surface area contributed by atoms with Crippen molar-refractivity contribution in [1.82, 2.24) is 0 Å². The van der Waals surface area contributed by atoms with E-state index in [0.717, 1.165) is 5.92 Å². The van der Waals surface area contributed by atoms with Crippen LogP contribution in [0.25, 0.3) is 0 Å². The molecule has 2 N–H and O–H groups in total. The normalized spacial score (nSPS) is 15.5. The first-order valence-electron chi connectivity index (χ1n) is 6.26. The van der Waals surface area contributed by atoms with Crippen LogP contribution in [-0.2, 0) is 6.54 Å². The van der Waals surface area contributed by atoms with Gasteiger partial charge >= 0.3 is 0 Å². The predicted octanol–water partition coefficient (Wildman–Crippen LogP) is 2.77. The largest absolute Gasteiger partial charge is 0.369 e. The lowest BCUT2D eigenvalue weighted by Crippen LogP contribution is -2.32. The maximum absolute atomic E-state index is 5.69. The number of hydrogen-bond acceptors (Lipinski definition) is 2. The number of hydrogen-bond donors (Lipinski definition) is 1. The second-order valence-corrected chi connectivity index (χ2v) is 5.06. The zero-order chi connectivity index (χ0) is 11.5. The first-order valence-corrected chi connectivity index (χ1v) is 6.26. The van der Waals surface area contributed by atoms with Gasteiger partial charge in [-0.3, -0.25) is 0 Å². The summed E-state index contributed by atoms with van der Waals surface area (Å²) < 4.78 is 0. The SMILES string of the molecule is CC(C)N(CC1CC1)c1cccc(CN)c1. The highest BCUT2D eigenvalue weighted by Gasteiger charge is 2.25.